The van der Waals surface area contributed by atoms with Crippen molar-refractivity contribution < 1.29 is 9.53 Å². The standard InChI is InChI=1S/C28H37ClN4O3/c1-6-14-32(7-2)15-9-16-36-22-12-13-24-23(18-22)27(35)33(19-25(34)31-28(3,4)5)26(30-24)20-10-8-11-21(29)17-20/h8,10-13,17-18H,6-7,9,14-16,19H2,1-5H3,(H,31,34). The number of hydrogen-bond donors (Lipinski definition) is 1. The minimum Gasteiger partial charge on any atom is -0.494 e. The van der Waals surface area contributed by atoms with Gasteiger partial charge < -0.3 is 15.0 Å². The Hall–Kier alpha value is -2.90. The van der Waals surface area contributed by atoms with Gasteiger partial charge in [0.15, 0.2) is 0 Å². The molecule has 0 radical (unpaired) electrons. The summed E-state index contributed by atoms with van der Waals surface area (Å²) >= 11 is 6.21. The van der Waals surface area contributed by atoms with Crippen LogP contribution in [0.15, 0.2) is 47.3 Å². The number of nitrogens with zero attached hydrogens (tertiary/aromatic N) is 3. The Labute approximate surface area is 218 Å². The van der Waals surface area contributed by atoms with E-state index in [1.807, 2.05) is 32.9 Å². The van der Waals surface area contributed by atoms with Crippen LogP contribution < -0.4 is 15.6 Å². The van der Waals surface area contributed by atoms with Crippen molar-refractivity contribution in [3.63, 3.8) is 0 Å². The molecule has 2 aromatic carbocycles. The maximum absolute atomic E-state index is 13.6. The number of hydrogen-bond acceptors (Lipinski definition) is 5. The zero-order chi connectivity index (χ0) is 26.3. The average molecular weight is 513 g/mol. The number of carbonyl (C=O) groups is 1. The molecular formula is C28H37ClN4O3. The highest BCUT2D eigenvalue weighted by Crippen LogP contribution is 2.24. The van der Waals surface area contributed by atoms with Crippen molar-refractivity contribution in [2.24, 2.45) is 0 Å². The molecule has 7 nitrogen and oxygen atoms in total. The molecule has 0 aliphatic heterocycles. The number of halogens is 1. The van der Waals surface area contributed by atoms with Crippen LogP contribution in [0.5, 0.6) is 5.75 Å². The van der Waals surface area contributed by atoms with Crippen molar-refractivity contribution in [2.45, 2.75) is 59.5 Å². The molecule has 3 rings (SSSR count). The Morgan fingerprint density at radius 1 is 1.14 bits per heavy atom. The van der Waals surface area contributed by atoms with E-state index < -0.39 is 5.54 Å². The lowest BCUT2D eigenvalue weighted by Crippen LogP contribution is -2.43. The molecule has 0 atom stereocenters. The van der Waals surface area contributed by atoms with E-state index in [9.17, 15) is 9.59 Å². The number of aromatic nitrogens is 2. The average Bonchev–Trinajstić information content (AvgIpc) is 2.81. The van der Waals surface area contributed by atoms with E-state index in [0.717, 1.165) is 32.5 Å². The second-order valence-corrected chi connectivity index (χ2v) is 10.4. The predicted octanol–water partition coefficient (Wildman–Crippen LogP) is 5.13. The van der Waals surface area contributed by atoms with Crippen molar-refractivity contribution in [1.29, 1.82) is 0 Å². The summed E-state index contributed by atoms with van der Waals surface area (Å²) in [5.41, 5.74) is 0.476. The first kappa shape index (κ1) is 27.7. The zero-order valence-electron chi connectivity index (χ0n) is 21.9. The number of rotatable bonds is 11. The number of ether oxygens (including phenoxy) is 1. The molecule has 0 bridgehead atoms. The first-order valence-corrected chi connectivity index (χ1v) is 13.0. The Kier molecular flexibility index (Phi) is 9.51. The normalized spacial score (nSPS) is 11.8. The Morgan fingerprint density at radius 2 is 1.92 bits per heavy atom. The highest BCUT2D eigenvalue weighted by Gasteiger charge is 2.19. The van der Waals surface area contributed by atoms with Gasteiger partial charge in [0, 0.05) is 22.7 Å². The van der Waals surface area contributed by atoms with Gasteiger partial charge in [0.25, 0.3) is 5.56 Å². The summed E-state index contributed by atoms with van der Waals surface area (Å²) < 4.78 is 7.37. The van der Waals surface area contributed by atoms with Crippen molar-refractivity contribution >= 4 is 28.4 Å². The molecule has 0 spiro atoms. The van der Waals surface area contributed by atoms with E-state index in [1.54, 1.807) is 30.3 Å². The van der Waals surface area contributed by atoms with E-state index in [-0.39, 0.29) is 18.0 Å². The summed E-state index contributed by atoms with van der Waals surface area (Å²) in [5, 5.41) is 3.85. The van der Waals surface area contributed by atoms with Crippen molar-refractivity contribution in [1.82, 2.24) is 19.8 Å². The highest BCUT2D eigenvalue weighted by atomic mass is 35.5. The lowest BCUT2D eigenvalue weighted by atomic mass is 10.1. The molecule has 1 amide bonds. The minimum atomic E-state index is -0.424. The lowest BCUT2D eigenvalue weighted by Gasteiger charge is -2.21. The topological polar surface area (TPSA) is 76.5 Å². The van der Waals surface area contributed by atoms with E-state index in [2.05, 4.69) is 24.1 Å². The number of fused-ring (bicyclic) bond motifs is 1. The van der Waals surface area contributed by atoms with Gasteiger partial charge >= 0.3 is 0 Å². The summed E-state index contributed by atoms with van der Waals surface area (Å²) in [4.78, 5) is 33.6. The molecule has 36 heavy (non-hydrogen) atoms. The molecule has 3 aromatic rings. The second kappa shape index (κ2) is 12.4. The van der Waals surface area contributed by atoms with Gasteiger partial charge in [-0.1, -0.05) is 37.6 Å². The Balaban J connectivity index is 1.93. The summed E-state index contributed by atoms with van der Waals surface area (Å²) in [5.74, 6) is 0.735. The van der Waals surface area contributed by atoms with E-state index >= 15 is 0 Å². The molecule has 0 unspecified atom stereocenters. The lowest BCUT2D eigenvalue weighted by molar-refractivity contribution is -0.123. The van der Waals surface area contributed by atoms with Crippen LogP contribution in [0, 0.1) is 0 Å². The second-order valence-electron chi connectivity index (χ2n) is 9.95. The fourth-order valence-electron chi connectivity index (χ4n) is 4.11. The molecule has 194 valence electrons. The third-order valence-corrected chi connectivity index (χ3v) is 5.93. The van der Waals surface area contributed by atoms with Gasteiger partial charge in [-0.3, -0.25) is 14.2 Å². The van der Waals surface area contributed by atoms with Gasteiger partial charge in [-0.2, -0.15) is 0 Å². The summed E-state index contributed by atoms with van der Waals surface area (Å²) in [7, 11) is 0. The number of benzene rings is 2. The quantitative estimate of drug-likeness (QED) is 0.360. The number of nitrogens with one attached hydrogen (secondary N) is 1. The third kappa shape index (κ3) is 7.55. The maximum Gasteiger partial charge on any atom is 0.262 e. The van der Waals surface area contributed by atoms with Gasteiger partial charge in [-0.25, -0.2) is 4.98 Å². The van der Waals surface area contributed by atoms with E-state index in [4.69, 9.17) is 21.3 Å². The Morgan fingerprint density at radius 3 is 2.58 bits per heavy atom. The number of carbonyl (C=O) groups excluding carboxylic acids is 1. The van der Waals surface area contributed by atoms with Crippen LogP contribution in [0.25, 0.3) is 22.3 Å². The summed E-state index contributed by atoms with van der Waals surface area (Å²) in [6, 6.07) is 12.5. The fourth-order valence-corrected chi connectivity index (χ4v) is 4.30. The zero-order valence-corrected chi connectivity index (χ0v) is 22.7. The molecule has 1 N–H and O–H groups in total. The van der Waals surface area contributed by atoms with Crippen LogP contribution >= 0.6 is 11.6 Å². The molecule has 0 saturated heterocycles. The SMILES string of the molecule is CCCN(CC)CCCOc1ccc2nc(-c3cccc(Cl)c3)n(CC(=O)NC(C)(C)C)c(=O)c2c1. The first-order valence-electron chi connectivity index (χ1n) is 12.6. The molecule has 0 saturated carbocycles. The third-order valence-electron chi connectivity index (χ3n) is 5.70. The van der Waals surface area contributed by atoms with Crippen LogP contribution in [0.4, 0.5) is 0 Å². The largest absolute Gasteiger partial charge is 0.494 e. The molecule has 0 fully saturated rings. The van der Waals surface area contributed by atoms with Crippen molar-refractivity contribution in [2.75, 3.05) is 26.2 Å². The molecular weight excluding hydrogens is 476 g/mol. The molecule has 0 aliphatic rings. The van der Waals surface area contributed by atoms with Gasteiger partial charge in [0.05, 0.1) is 17.5 Å². The van der Waals surface area contributed by atoms with Gasteiger partial charge in [-0.15, -0.1) is 0 Å². The minimum absolute atomic E-state index is 0.156. The summed E-state index contributed by atoms with van der Waals surface area (Å²) in [6.45, 7) is 13.5. The fraction of sp³-hybridized carbons (Fsp3) is 0.464. The van der Waals surface area contributed by atoms with E-state index in [0.29, 0.717) is 39.7 Å². The monoisotopic (exact) mass is 512 g/mol. The number of amides is 1. The Bertz CT molecular complexity index is 1250. The maximum atomic E-state index is 13.6. The summed E-state index contributed by atoms with van der Waals surface area (Å²) in [6.07, 6.45) is 2.03. The van der Waals surface area contributed by atoms with Crippen molar-refractivity contribution in [3.05, 3.63) is 57.8 Å². The molecule has 1 aromatic heterocycles. The van der Waals surface area contributed by atoms with Gasteiger partial charge in [0.2, 0.25) is 5.91 Å². The first-order chi connectivity index (χ1) is 17.1. The predicted molar refractivity (Wildman–Crippen MR) is 147 cm³/mol. The van der Waals surface area contributed by atoms with Crippen LogP contribution in [-0.2, 0) is 11.3 Å². The van der Waals surface area contributed by atoms with E-state index in [1.165, 1.54) is 4.57 Å². The van der Waals surface area contributed by atoms with Gasteiger partial charge in [0.1, 0.15) is 18.1 Å². The molecule has 1 heterocycles. The smallest absolute Gasteiger partial charge is 0.262 e. The molecule has 8 heteroatoms. The van der Waals surface area contributed by atoms with Gasteiger partial charge in [-0.05, 0) is 77.0 Å². The van der Waals surface area contributed by atoms with Crippen LogP contribution in [-0.4, -0.2) is 52.1 Å². The van der Waals surface area contributed by atoms with Crippen LogP contribution in [0.1, 0.15) is 47.5 Å². The van der Waals surface area contributed by atoms with Crippen LogP contribution in [0.2, 0.25) is 5.02 Å². The molecule has 0 aliphatic carbocycles. The van der Waals surface area contributed by atoms with Crippen LogP contribution in [0.3, 0.4) is 0 Å². The van der Waals surface area contributed by atoms with Crippen molar-refractivity contribution in [3.8, 4) is 17.1 Å². The highest BCUT2D eigenvalue weighted by molar-refractivity contribution is 6.30.